The first-order valence-corrected chi connectivity index (χ1v) is 9.52. The van der Waals surface area contributed by atoms with Gasteiger partial charge >= 0.3 is 5.97 Å². The van der Waals surface area contributed by atoms with E-state index < -0.39 is 36.1 Å². The lowest BCUT2D eigenvalue weighted by atomic mass is 9.81. The lowest BCUT2D eigenvalue weighted by molar-refractivity contribution is -0.191. The van der Waals surface area contributed by atoms with E-state index in [0.29, 0.717) is 22.6 Å². The summed E-state index contributed by atoms with van der Waals surface area (Å²) in [5.74, 6) is -1.93. The number of rotatable bonds is 3. The number of methoxy groups -OCH3 is 1. The topological polar surface area (TPSA) is 94.1 Å². The van der Waals surface area contributed by atoms with Crippen LogP contribution in [0.1, 0.15) is 23.7 Å². The van der Waals surface area contributed by atoms with Crippen molar-refractivity contribution in [1.82, 2.24) is 5.32 Å². The molecule has 2 aliphatic rings. The number of aliphatic hydroxyl groups excluding tert-OH is 1. The maximum Gasteiger partial charge on any atom is 0.319 e. The van der Waals surface area contributed by atoms with E-state index in [1.165, 1.54) is 7.11 Å². The number of esters is 1. The molecule has 4 atom stereocenters. The van der Waals surface area contributed by atoms with Gasteiger partial charge in [-0.1, -0.05) is 42.5 Å². The van der Waals surface area contributed by atoms with Crippen molar-refractivity contribution >= 4 is 29.1 Å². The summed E-state index contributed by atoms with van der Waals surface area (Å²) in [5.41, 5.74) is 1.30. The van der Waals surface area contributed by atoms with Crippen LogP contribution in [0.25, 0.3) is 0 Å². The van der Waals surface area contributed by atoms with Crippen LogP contribution in [0.4, 0.5) is 0 Å². The number of aliphatic hydroxyl groups is 1. The highest BCUT2D eigenvalue weighted by molar-refractivity contribution is 7.80. The van der Waals surface area contributed by atoms with E-state index >= 15 is 0 Å². The second-order valence-corrected chi connectivity index (χ2v) is 7.31. The Hall–Kier alpha value is -2.97. The van der Waals surface area contributed by atoms with Crippen molar-refractivity contribution in [2.45, 2.75) is 18.8 Å². The summed E-state index contributed by atoms with van der Waals surface area (Å²) >= 11 is 5.25. The number of fused-ring (bicyclic) bond motifs is 3. The molecule has 1 amide bonds. The number of hydrogen-bond acceptors (Lipinski definition) is 7. The van der Waals surface area contributed by atoms with E-state index in [9.17, 15) is 14.7 Å². The number of amides is 1. The number of carbonyl (C=O) groups excluding carboxylic acids is 2. The van der Waals surface area contributed by atoms with Gasteiger partial charge in [0.2, 0.25) is 12.2 Å². The lowest BCUT2D eigenvalue weighted by Crippen LogP contribution is -2.49. The Morgan fingerprint density at radius 2 is 1.97 bits per heavy atom. The van der Waals surface area contributed by atoms with Gasteiger partial charge in [0.15, 0.2) is 0 Å². The van der Waals surface area contributed by atoms with Gasteiger partial charge in [-0.3, -0.25) is 9.59 Å². The normalized spacial score (nSPS) is 25.0. The number of hydrogen-bond donors (Lipinski definition) is 2. The Labute approximate surface area is 172 Å². The molecule has 8 heteroatoms. The zero-order chi connectivity index (χ0) is 20.5. The summed E-state index contributed by atoms with van der Waals surface area (Å²) in [6.07, 6.45) is -1.83. The van der Waals surface area contributed by atoms with Gasteiger partial charge in [-0.2, -0.15) is 0 Å². The number of carbonyl (C=O) groups is 2. The third-order valence-corrected chi connectivity index (χ3v) is 5.49. The van der Waals surface area contributed by atoms with Crippen LogP contribution in [0.3, 0.4) is 0 Å². The van der Waals surface area contributed by atoms with E-state index in [1.54, 1.807) is 42.5 Å². The summed E-state index contributed by atoms with van der Waals surface area (Å²) < 4.78 is 16.3. The molecule has 2 heterocycles. The summed E-state index contributed by atoms with van der Waals surface area (Å²) in [4.78, 5) is 25.5. The number of benzene rings is 2. The van der Waals surface area contributed by atoms with Gasteiger partial charge in [0.25, 0.3) is 0 Å². The Morgan fingerprint density at radius 3 is 2.69 bits per heavy atom. The third kappa shape index (κ3) is 3.68. The van der Waals surface area contributed by atoms with Crippen molar-refractivity contribution in [3.8, 4) is 11.5 Å². The van der Waals surface area contributed by atoms with Crippen molar-refractivity contribution in [3.05, 3.63) is 59.7 Å². The highest BCUT2D eigenvalue weighted by atomic mass is 32.1. The fourth-order valence-corrected chi connectivity index (χ4v) is 3.85. The molecular formula is C21H19NO6S. The van der Waals surface area contributed by atoms with Gasteiger partial charge in [0.1, 0.15) is 28.5 Å². The Morgan fingerprint density at radius 1 is 1.21 bits per heavy atom. The molecule has 0 spiro atoms. The highest BCUT2D eigenvalue weighted by Crippen LogP contribution is 2.47. The molecule has 2 aromatic carbocycles. The Bertz CT molecular complexity index is 963. The Balaban J connectivity index is 1.51. The van der Waals surface area contributed by atoms with Crippen LogP contribution >= 0.6 is 12.2 Å². The van der Waals surface area contributed by atoms with Crippen molar-refractivity contribution in [3.63, 3.8) is 0 Å². The van der Waals surface area contributed by atoms with E-state index in [-0.39, 0.29) is 11.4 Å². The SMILES string of the molecule is COc1ccc2c(c1)OC(O)C1CC(C(=O)NC(=S)c3ccccc3)C(=O)OC21. The van der Waals surface area contributed by atoms with Gasteiger partial charge in [0.05, 0.1) is 13.0 Å². The lowest BCUT2D eigenvalue weighted by Gasteiger charge is -2.41. The summed E-state index contributed by atoms with van der Waals surface area (Å²) in [5, 5.41) is 13.0. The van der Waals surface area contributed by atoms with E-state index in [0.717, 1.165) is 0 Å². The van der Waals surface area contributed by atoms with E-state index in [4.69, 9.17) is 26.4 Å². The average Bonchev–Trinajstić information content (AvgIpc) is 2.73. The second-order valence-electron chi connectivity index (χ2n) is 6.91. The average molecular weight is 413 g/mol. The zero-order valence-electron chi connectivity index (χ0n) is 15.5. The molecule has 0 aliphatic carbocycles. The molecule has 4 unspecified atom stereocenters. The largest absolute Gasteiger partial charge is 0.497 e. The Kier molecular flexibility index (Phi) is 5.21. The minimum absolute atomic E-state index is 0.0827. The quantitative estimate of drug-likeness (QED) is 0.452. The molecule has 0 radical (unpaired) electrons. The standard InChI is InChI=1S/C21H19NO6S/c1-26-12-7-8-13-16(9-12)27-20(24)14-10-15(21(25)28-17(13)14)18(23)22-19(29)11-5-3-2-4-6-11/h2-9,14-15,17,20,24H,10H2,1H3,(H,22,23,29). The molecule has 1 fully saturated rings. The molecule has 2 aromatic rings. The van der Waals surface area contributed by atoms with Gasteiger partial charge in [-0.15, -0.1) is 0 Å². The van der Waals surface area contributed by atoms with Crippen LogP contribution in [0, 0.1) is 11.8 Å². The van der Waals surface area contributed by atoms with E-state index in [2.05, 4.69) is 5.32 Å². The molecule has 0 aromatic heterocycles. The van der Waals surface area contributed by atoms with Crippen LogP contribution < -0.4 is 14.8 Å². The molecule has 4 rings (SSSR count). The van der Waals surface area contributed by atoms with Gasteiger partial charge in [0, 0.05) is 17.2 Å². The van der Waals surface area contributed by atoms with Gasteiger partial charge in [-0.05, 0) is 18.6 Å². The molecule has 0 saturated carbocycles. The van der Waals surface area contributed by atoms with Gasteiger partial charge in [-0.25, -0.2) is 0 Å². The zero-order valence-corrected chi connectivity index (χ0v) is 16.3. The first-order valence-electron chi connectivity index (χ1n) is 9.11. The molecule has 2 N–H and O–H groups in total. The van der Waals surface area contributed by atoms with Crippen molar-refractivity contribution in [2.75, 3.05) is 7.11 Å². The maximum absolute atomic E-state index is 12.7. The molecule has 2 aliphatic heterocycles. The fraction of sp³-hybridized carbons (Fsp3) is 0.286. The smallest absolute Gasteiger partial charge is 0.319 e. The molecule has 29 heavy (non-hydrogen) atoms. The fourth-order valence-electron chi connectivity index (χ4n) is 3.62. The summed E-state index contributed by atoms with van der Waals surface area (Å²) in [6, 6.07) is 14.1. The van der Waals surface area contributed by atoms with Crippen LogP contribution in [-0.2, 0) is 14.3 Å². The first-order chi connectivity index (χ1) is 14.0. The predicted octanol–water partition coefficient (Wildman–Crippen LogP) is 2.12. The second kappa shape index (κ2) is 7.81. The number of thiocarbonyl (C=S) groups is 1. The third-order valence-electron chi connectivity index (χ3n) is 5.15. The minimum atomic E-state index is -1.22. The number of ether oxygens (including phenoxy) is 3. The molecular weight excluding hydrogens is 394 g/mol. The molecule has 150 valence electrons. The molecule has 7 nitrogen and oxygen atoms in total. The maximum atomic E-state index is 12.7. The van der Waals surface area contributed by atoms with Crippen LogP contribution in [0.2, 0.25) is 0 Å². The highest BCUT2D eigenvalue weighted by Gasteiger charge is 2.49. The predicted molar refractivity (Wildman–Crippen MR) is 106 cm³/mol. The summed E-state index contributed by atoms with van der Waals surface area (Å²) in [7, 11) is 1.52. The van der Waals surface area contributed by atoms with Crippen molar-refractivity contribution in [1.29, 1.82) is 0 Å². The minimum Gasteiger partial charge on any atom is -0.497 e. The van der Waals surface area contributed by atoms with Crippen molar-refractivity contribution < 1.29 is 28.9 Å². The first kappa shape index (κ1) is 19.4. The monoisotopic (exact) mass is 413 g/mol. The van der Waals surface area contributed by atoms with Gasteiger partial charge < -0.3 is 24.6 Å². The van der Waals surface area contributed by atoms with Crippen molar-refractivity contribution in [2.24, 2.45) is 11.8 Å². The molecule has 1 saturated heterocycles. The number of nitrogens with one attached hydrogen (secondary N) is 1. The summed E-state index contributed by atoms with van der Waals surface area (Å²) in [6.45, 7) is 0. The van der Waals surface area contributed by atoms with E-state index in [1.807, 2.05) is 6.07 Å². The van der Waals surface area contributed by atoms with Crippen LogP contribution in [0.5, 0.6) is 11.5 Å². The van der Waals surface area contributed by atoms with Crippen LogP contribution in [0.15, 0.2) is 48.5 Å². The van der Waals surface area contributed by atoms with Crippen LogP contribution in [-0.4, -0.2) is 35.4 Å². The molecule has 0 bridgehead atoms.